The fourth-order valence-electron chi connectivity index (χ4n) is 2.30. The first-order chi connectivity index (χ1) is 9.66. The minimum Gasteiger partial charge on any atom is -0.267 e. The molecule has 0 amide bonds. The highest BCUT2D eigenvalue weighted by Crippen LogP contribution is 2.28. The van der Waals surface area contributed by atoms with E-state index in [1.165, 1.54) is 0 Å². The normalized spacial score (nSPS) is 11.3. The van der Waals surface area contributed by atoms with E-state index in [1.807, 2.05) is 41.8 Å². The SMILES string of the molecule is CC(C)Cn1nc(-c2cccs2)c2ccccc2c1=O. The molecule has 3 aromatic rings. The zero-order valence-corrected chi connectivity index (χ0v) is 12.4. The van der Waals surface area contributed by atoms with Crippen LogP contribution in [0, 0.1) is 5.92 Å². The molecule has 0 saturated carbocycles. The highest BCUT2D eigenvalue weighted by atomic mass is 32.1. The van der Waals surface area contributed by atoms with Crippen molar-refractivity contribution in [3.63, 3.8) is 0 Å². The van der Waals surface area contributed by atoms with Crippen molar-refractivity contribution in [2.24, 2.45) is 5.92 Å². The van der Waals surface area contributed by atoms with Gasteiger partial charge in [-0.15, -0.1) is 11.3 Å². The number of hydrogen-bond acceptors (Lipinski definition) is 3. The minimum atomic E-state index is -0.00499. The maximum absolute atomic E-state index is 12.5. The van der Waals surface area contributed by atoms with Crippen LogP contribution in [0.5, 0.6) is 0 Å². The zero-order valence-electron chi connectivity index (χ0n) is 11.5. The van der Waals surface area contributed by atoms with Crippen LogP contribution in [0.4, 0.5) is 0 Å². The zero-order chi connectivity index (χ0) is 14.1. The Bertz CT molecular complexity index is 788. The van der Waals surface area contributed by atoms with Gasteiger partial charge in [0.25, 0.3) is 5.56 Å². The van der Waals surface area contributed by atoms with E-state index in [4.69, 9.17) is 0 Å². The van der Waals surface area contributed by atoms with Gasteiger partial charge in [-0.2, -0.15) is 5.10 Å². The average molecular weight is 284 g/mol. The van der Waals surface area contributed by atoms with Crippen LogP contribution in [0.25, 0.3) is 21.3 Å². The summed E-state index contributed by atoms with van der Waals surface area (Å²) in [7, 11) is 0. The van der Waals surface area contributed by atoms with Crippen LogP contribution in [-0.4, -0.2) is 9.78 Å². The number of thiophene rings is 1. The number of hydrogen-bond donors (Lipinski definition) is 0. The van der Waals surface area contributed by atoms with Crippen molar-refractivity contribution in [1.82, 2.24) is 9.78 Å². The molecule has 20 heavy (non-hydrogen) atoms. The molecule has 2 aromatic heterocycles. The Labute approximate surface area is 121 Å². The topological polar surface area (TPSA) is 34.9 Å². The van der Waals surface area contributed by atoms with Gasteiger partial charge in [0.1, 0.15) is 5.69 Å². The third-order valence-corrected chi connectivity index (χ3v) is 4.04. The Balaban J connectivity index is 2.33. The molecule has 1 aromatic carbocycles. The van der Waals surface area contributed by atoms with E-state index in [0.717, 1.165) is 21.3 Å². The van der Waals surface area contributed by atoms with E-state index in [1.54, 1.807) is 16.0 Å². The van der Waals surface area contributed by atoms with Crippen LogP contribution in [0.15, 0.2) is 46.6 Å². The molecule has 0 unspecified atom stereocenters. The molecule has 0 fully saturated rings. The maximum Gasteiger partial charge on any atom is 0.274 e. The van der Waals surface area contributed by atoms with Gasteiger partial charge in [0.05, 0.1) is 10.3 Å². The average Bonchev–Trinajstić information content (AvgIpc) is 2.95. The lowest BCUT2D eigenvalue weighted by Gasteiger charge is -2.11. The standard InChI is InChI=1S/C16H16N2OS/c1-11(2)10-18-16(19)13-7-4-3-6-12(13)15(17-18)14-8-5-9-20-14/h3-9,11H,10H2,1-2H3. The molecule has 0 spiro atoms. The summed E-state index contributed by atoms with van der Waals surface area (Å²) in [5.74, 6) is 0.387. The van der Waals surface area contributed by atoms with Crippen LogP contribution in [0.2, 0.25) is 0 Å². The van der Waals surface area contributed by atoms with Crippen molar-refractivity contribution in [1.29, 1.82) is 0 Å². The Morgan fingerprint density at radius 2 is 1.90 bits per heavy atom. The molecule has 2 heterocycles. The molecular formula is C16H16N2OS. The van der Waals surface area contributed by atoms with Crippen LogP contribution in [0.3, 0.4) is 0 Å². The largest absolute Gasteiger partial charge is 0.274 e. The van der Waals surface area contributed by atoms with Crippen LogP contribution >= 0.6 is 11.3 Å². The Morgan fingerprint density at radius 1 is 1.15 bits per heavy atom. The van der Waals surface area contributed by atoms with E-state index in [9.17, 15) is 4.79 Å². The van der Waals surface area contributed by atoms with Gasteiger partial charge in [-0.1, -0.05) is 38.1 Å². The van der Waals surface area contributed by atoms with Crippen molar-refractivity contribution in [3.8, 4) is 10.6 Å². The molecule has 0 atom stereocenters. The Kier molecular flexibility index (Phi) is 3.40. The molecule has 0 N–H and O–H groups in total. The molecule has 0 aliphatic carbocycles. The first-order valence-corrected chi connectivity index (χ1v) is 7.58. The van der Waals surface area contributed by atoms with E-state index < -0.39 is 0 Å². The lowest BCUT2D eigenvalue weighted by Crippen LogP contribution is -2.25. The van der Waals surface area contributed by atoms with Gasteiger partial charge in [-0.05, 0) is 23.4 Å². The predicted molar refractivity (Wildman–Crippen MR) is 84.2 cm³/mol. The van der Waals surface area contributed by atoms with Crippen molar-refractivity contribution in [3.05, 3.63) is 52.1 Å². The number of aromatic nitrogens is 2. The lowest BCUT2D eigenvalue weighted by atomic mass is 10.1. The Morgan fingerprint density at radius 3 is 2.55 bits per heavy atom. The van der Waals surface area contributed by atoms with E-state index in [0.29, 0.717) is 12.5 Å². The summed E-state index contributed by atoms with van der Waals surface area (Å²) < 4.78 is 1.60. The summed E-state index contributed by atoms with van der Waals surface area (Å²) in [6.45, 7) is 4.82. The lowest BCUT2D eigenvalue weighted by molar-refractivity contribution is 0.468. The van der Waals surface area contributed by atoms with Gasteiger partial charge < -0.3 is 0 Å². The fourth-order valence-corrected chi connectivity index (χ4v) is 3.02. The van der Waals surface area contributed by atoms with Gasteiger partial charge in [-0.25, -0.2) is 4.68 Å². The molecule has 4 heteroatoms. The van der Waals surface area contributed by atoms with E-state index in [-0.39, 0.29) is 5.56 Å². The second kappa shape index (κ2) is 5.21. The van der Waals surface area contributed by atoms with Gasteiger partial charge in [0.15, 0.2) is 0 Å². The second-order valence-electron chi connectivity index (χ2n) is 5.25. The van der Waals surface area contributed by atoms with Gasteiger partial charge >= 0.3 is 0 Å². The summed E-state index contributed by atoms with van der Waals surface area (Å²) in [5.41, 5.74) is 0.894. The van der Waals surface area contributed by atoms with Crippen molar-refractivity contribution in [2.75, 3.05) is 0 Å². The molecule has 0 aliphatic heterocycles. The highest BCUT2D eigenvalue weighted by molar-refractivity contribution is 7.13. The minimum absolute atomic E-state index is 0.00499. The quantitative estimate of drug-likeness (QED) is 0.733. The molecule has 0 bridgehead atoms. The third-order valence-electron chi connectivity index (χ3n) is 3.16. The second-order valence-corrected chi connectivity index (χ2v) is 6.20. The predicted octanol–water partition coefficient (Wildman–Crippen LogP) is 3.78. The number of rotatable bonds is 3. The highest BCUT2D eigenvalue weighted by Gasteiger charge is 2.13. The summed E-state index contributed by atoms with van der Waals surface area (Å²) in [5, 5.41) is 8.30. The maximum atomic E-state index is 12.5. The first kappa shape index (κ1) is 13.1. The van der Waals surface area contributed by atoms with Gasteiger partial charge in [0, 0.05) is 11.9 Å². The number of nitrogens with zero attached hydrogens (tertiary/aromatic N) is 2. The molecule has 102 valence electrons. The summed E-state index contributed by atoms with van der Waals surface area (Å²) in [4.78, 5) is 13.6. The van der Waals surface area contributed by atoms with Crippen molar-refractivity contribution >= 4 is 22.1 Å². The third kappa shape index (κ3) is 2.27. The summed E-state index contributed by atoms with van der Waals surface area (Å²) >= 11 is 1.65. The van der Waals surface area contributed by atoms with E-state index >= 15 is 0 Å². The molecular weight excluding hydrogens is 268 g/mol. The number of fused-ring (bicyclic) bond motifs is 1. The van der Waals surface area contributed by atoms with E-state index in [2.05, 4.69) is 18.9 Å². The van der Waals surface area contributed by atoms with Crippen LogP contribution < -0.4 is 5.56 Å². The molecule has 0 aliphatic rings. The smallest absolute Gasteiger partial charge is 0.267 e. The van der Waals surface area contributed by atoms with Crippen molar-refractivity contribution < 1.29 is 0 Å². The molecule has 0 saturated heterocycles. The molecule has 3 nitrogen and oxygen atoms in total. The fraction of sp³-hybridized carbons (Fsp3) is 0.250. The molecule has 0 radical (unpaired) electrons. The van der Waals surface area contributed by atoms with Crippen molar-refractivity contribution in [2.45, 2.75) is 20.4 Å². The summed E-state index contributed by atoms with van der Waals surface area (Å²) in [6.07, 6.45) is 0. The first-order valence-electron chi connectivity index (χ1n) is 6.70. The monoisotopic (exact) mass is 284 g/mol. The molecule has 3 rings (SSSR count). The summed E-state index contributed by atoms with van der Waals surface area (Å²) in [6, 6.07) is 11.8. The number of benzene rings is 1. The van der Waals surface area contributed by atoms with Crippen LogP contribution in [-0.2, 0) is 6.54 Å². The van der Waals surface area contributed by atoms with Gasteiger partial charge in [0.2, 0.25) is 0 Å². The van der Waals surface area contributed by atoms with Crippen LogP contribution in [0.1, 0.15) is 13.8 Å². The van der Waals surface area contributed by atoms with Gasteiger partial charge in [-0.3, -0.25) is 4.79 Å². The Hall–Kier alpha value is -1.94.